The monoisotopic (exact) mass is 327 g/mol. The zero-order chi connectivity index (χ0) is 17.0. The van der Waals surface area contributed by atoms with E-state index in [-0.39, 0.29) is 16.9 Å². The molecule has 2 aromatic carbocycles. The molecule has 2 aromatic rings. The van der Waals surface area contributed by atoms with Gasteiger partial charge in [0.05, 0.1) is 6.04 Å². The molecule has 1 N–H and O–H groups in total. The van der Waals surface area contributed by atoms with Crippen molar-refractivity contribution in [3.05, 3.63) is 65.2 Å². The van der Waals surface area contributed by atoms with Gasteiger partial charge in [0.2, 0.25) is 0 Å². The molecular weight excluding hydrogens is 314 g/mol. The fourth-order valence-corrected chi connectivity index (χ4v) is 2.02. The molecule has 122 valence electrons. The number of nitrogens with one attached hydrogen (secondary N) is 1. The molecule has 0 aromatic heterocycles. The third kappa shape index (κ3) is 4.45. The number of benzene rings is 2. The number of alkyl halides is 2. The summed E-state index contributed by atoms with van der Waals surface area (Å²) in [6.07, 6.45) is 0. The Morgan fingerprint density at radius 3 is 2.52 bits per heavy atom. The van der Waals surface area contributed by atoms with Gasteiger partial charge in [0.1, 0.15) is 17.4 Å². The Balaban J connectivity index is 2.12. The third-order valence-corrected chi connectivity index (χ3v) is 3.10. The van der Waals surface area contributed by atoms with Crippen molar-refractivity contribution in [3.8, 4) is 5.75 Å². The van der Waals surface area contributed by atoms with Crippen molar-refractivity contribution in [2.45, 2.75) is 19.6 Å². The van der Waals surface area contributed by atoms with Gasteiger partial charge in [-0.05, 0) is 31.2 Å². The molecular formula is C16H13F4NO2. The zero-order valence-corrected chi connectivity index (χ0v) is 12.0. The third-order valence-electron chi connectivity index (χ3n) is 3.10. The summed E-state index contributed by atoms with van der Waals surface area (Å²) >= 11 is 0. The van der Waals surface area contributed by atoms with Gasteiger partial charge in [-0.15, -0.1) is 0 Å². The highest BCUT2D eigenvalue weighted by Crippen LogP contribution is 2.20. The summed E-state index contributed by atoms with van der Waals surface area (Å²) in [6, 6.07) is 7.51. The second kappa shape index (κ2) is 7.13. The van der Waals surface area contributed by atoms with Gasteiger partial charge in [0.25, 0.3) is 5.91 Å². The summed E-state index contributed by atoms with van der Waals surface area (Å²) in [6.45, 7) is -1.48. The van der Waals surface area contributed by atoms with E-state index < -0.39 is 30.2 Å². The van der Waals surface area contributed by atoms with Gasteiger partial charge in [0, 0.05) is 17.2 Å². The lowest BCUT2D eigenvalue weighted by Gasteiger charge is -2.15. The molecule has 7 heteroatoms. The molecule has 23 heavy (non-hydrogen) atoms. The molecule has 0 heterocycles. The standard InChI is InChI=1S/C16H13F4NO2/c1-9(13-6-5-11(17)8-14(13)18)21-15(22)10-3-2-4-12(7-10)23-16(19)20/h2-9,16H,1H3,(H,21,22)/t9-/m0/s1. The van der Waals surface area contributed by atoms with Gasteiger partial charge < -0.3 is 10.1 Å². The largest absolute Gasteiger partial charge is 0.435 e. The van der Waals surface area contributed by atoms with E-state index in [2.05, 4.69) is 10.1 Å². The average Bonchev–Trinajstić information content (AvgIpc) is 2.46. The van der Waals surface area contributed by atoms with E-state index in [4.69, 9.17) is 0 Å². The van der Waals surface area contributed by atoms with Crippen molar-refractivity contribution < 1.29 is 27.1 Å². The van der Waals surface area contributed by atoms with E-state index in [1.807, 2.05) is 0 Å². The maximum absolute atomic E-state index is 13.7. The van der Waals surface area contributed by atoms with Crippen molar-refractivity contribution in [2.75, 3.05) is 0 Å². The molecule has 0 radical (unpaired) electrons. The number of hydrogen-bond donors (Lipinski definition) is 1. The number of hydrogen-bond acceptors (Lipinski definition) is 2. The Kier molecular flexibility index (Phi) is 5.20. The maximum Gasteiger partial charge on any atom is 0.387 e. The molecule has 1 amide bonds. The summed E-state index contributed by atoms with van der Waals surface area (Å²) < 4.78 is 55.1. The minimum Gasteiger partial charge on any atom is -0.435 e. The van der Waals surface area contributed by atoms with Crippen molar-refractivity contribution in [2.24, 2.45) is 0 Å². The second-order valence-electron chi connectivity index (χ2n) is 4.77. The molecule has 2 rings (SSSR count). The normalized spacial score (nSPS) is 12.1. The summed E-state index contributed by atoms with van der Waals surface area (Å²) in [5.74, 6) is -2.26. The first-order valence-corrected chi connectivity index (χ1v) is 6.67. The lowest BCUT2D eigenvalue weighted by atomic mass is 10.1. The van der Waals surface area contributed by atoms with Crippen molar-refractivity contribution >= 4 is 5.91 Å². The van der Waals surface area contributed by atoms with Gasteiger partial charge in [-0.25, -0.2) is 8.78 Å². The van der Waals surface area contributed by atoms with Crippen molar-refractivity contribution in [3.63, 3.8) is 0 Å². The topological polar surface area (TPSA) is 38.3 Å². The zero-order valence-electron chi connectivity index (χ0n) is 12.0. The predicted octanol–water partition coefficient (Wildman–Crippen LogP) is 4.06. The van der Waals surface area contributed by atoms with Crippen LogP contribution in [0.2, 0.25) is 0 Å². The first kappa shape index (κ1) is 16.8. The fourth-order valence-electron chi connectivity index (χ4n) is 2.02. The first-order chi connectivity index (χ1) is 10.9. The van der Waals surface area contributed by atoms with Crippen LogP contribution in [0, 0.1) is 11.6 Å². The van der Waals surface area contributed by atoms with Crippen molar-refractivity contribution in [1.82, 2.24) is 5.32 Å². The summed E-state index contributed by atoms with van der Waals surface area (Å²) in [4.78, 5) is 12.1. The Bertz CT molecular complexity index is 706. The highest BCUT2D eigenvalue weighted by molar-refractivity contribution is 5.94. The van der Waals surface area contributed by atoms with Gasteiger partial charge in [0.15, 0.2) is 0 Å². The van der Waals surface area contributed by atoms with Crippen LogP contribution in [-0.2, 0) is 0 Å². The molecule has 0 aliphatic heterocycles. The van der Waals surface area contributed by atoms with Crippen LogP contribution in [0.4, 0.5) is 17.6 Å². The number of carbonyl (C=O) groups is 1. The molecule has 0 fully saturated rings. The highest BCUT2D eigenvalue weighted by Gasteiger charge is 2.16. The van der Waals surface area contributed by atoms with E-state index in [1.165, 1.54) is 31.2 Å². The first-order valence-electron chi connectivity index (χ1n) is 6.67. The smallest absolute Gasteiger partial charge is 0.387 e. The molecule has 1 atom stereocenters. The van der Waals surface area contributed by atoms with E-state index >= 15 is 0 Å². The summed E-state index contributed by atoms with van der Waals surface area (Å²) in [5, 5.41) is 2.51. The predicted molar refractivity (Wildman–Crippen MR) is 75.3 cm³/mol. The molecule has 3 nitrogen and oxygen atoms in total. The Morgan fingerprint density at radius 1 is 1.13 bits per heavy atom. The minimum atomic E-state index is -3.00. The molecule has 0 saturated carbocycles. The molecule has 0 spiro atoms. The van der Waals surface area contributed by atoms with E-state index in [1.54, 1.807) is 0 Å². The average molecular weight is 327 g/mol. The fraction of sp³-hybridized carbons (Fsp3) is 0.188. The van der Waals surface area contributed by atoms with Gasteiger partial charge in [-0.1, -0.05) is 12.1 Å². The summed E-state index contributed by atoms with van der Waals surface area (Å²) in [7, 11) is 0. The second-order valence-corrected chi connectivity index (χ2v) is 4.77. The molecule has 0 unspecified atom stereocenters. The van der Waals surface area contributed by atoms with E-state index in [0.717, 1.165) is 18.2 Å². The minimum absolute atomic E-state index is 0.0810. The lowest BCUT2D eigenvalue weighted by molar-refractivity contribution is -0.0498. The number of rotatable bonds is 5. The number of ether oxygens (including phenoxy) is 1. The number of amides is 1. The van der Waals surface area contributed by atoms with Gasteiger partial charge in [-0.2, -0.15) is 8.78 Å². The van der Waals surface area contributed by atoms with E-state index in [9.17, 15) is 22.4 Å². The SMILES string of the molecule is C[C@H](NC(=O)c1cccc(OC(F)F)c1)c1ccc(F)cc1F. The van der Waals surface area contributed by atoms with Crippen LogP contribution in [0.3, 0.4) is 0 Å². The van der Waals surface area contributed by atoms with Crippen LogP contribution in [0.15, 0.2) is 42.5 Å². The van der Waals surface area contributed by atoms with Crippen molar-refractivity contribution in [1.29, 1.82) is 0 Å². The molecule has 0 saturated heterocycles. The Labute approximate surface area is 129 Å². The Morgan fingerprint density at radius 2 is 1.87 bits per heavy atom. The molecule has 0 bridgehead atoms. The van der Waals surface area contributed by atoms with Gasteiger partial charge >= 0.3 is 6.61 Å². The molecule has 0 aliphatic rings. The Hall–Kier alpha value is -2.57. The highest BCUT2D eigenvalue weighted by atomic mass is 19.3. The molecule has 0 aliphatic carbocycles. The van der Waals surface area contributed by atoms with Crippen LogP contribution >= 0.6 is 0 Å². The quantitative estimate of drug-likeness (QED) is 0.841. The number of halogens is 4. The maximum atomic E-state index is 13.7. The van der Waals surface area contributed by atoms with Crippen LogP contribution in [0.5, 0.6) is 5.75 Å². The number of carbonyl (C=O) groups excluding carboxylic acids is 1. The summed E-state index contributed by atoms with van der Waals surface area (Å²) in [5.41, 5.74) is 0.192. The van der Waals surface area contributed by atoms with Crippen LogP contribution in [0.1, 0.15) is 28.9 Å². The lowest BCUT2D eigenvalue weighted by Crippen LogP contribution is -2.27. The van der Waals surface area contributed by atoms with Gasteiger partial charge in [-0.3, -0.25) is 4.79 Å². The van der Waals surface area contributed by atoms with Crippen LogP contribution < -0.4 is 10.1 Å². The van der Waals surface area contributed by atoms with Crippen LogP contribution in [-0.4, -0.2) is 12.5 Å². The van der Waals surface area contributed by atoms with Crippen LogP contribution in [0.25, 0.3) is 0 Å². The van der Waals surface area contributed by atoms with E-state index in [0.29, 0.717) is 0 Å².